The highest BCUT2D eigenvalue weighted by atomic mass is 79.9. The highest BCUT2D eigenvalue weighted by Crippen LogP contribution is 2.33. The summed E-state index contributed by atoms with van der Waals surface area (Å²) in [5.41, 5.74) is 0.163. The Balaban J connectivity index is 2.16. The number of fused-ring (bicyclic) bond motifs is 1. The lowest BCUT2D eigenvalue weighted by atomic mass is 9.96. The van der Waals surface area contributed by atoms with Gasteiger partial charge in [-0.15, -0.1) is 0 Å². The highest BCUT2D eigenvalue weighted by Gasteiger charge is 2.25. The molecule has 1 heterocycles. The topological polar surface area (TPSA) is 48.3 Å². The van der Waals surface area contributed by atoms with Gasteiger partial charge in [-0.2, -0.15) is 0 Å². The molecule has 0 saturated carbocycles. The summed E-state index contributed by atoms with van der Waals surface area (Å²) < 4.78 is 35.6. The fraction of sp³-hybridized carbons (Fsp3) is 0.0833. The number of nitrogens with zero attached hydrogens (tertiary/aromatic N) is 1. The van der Waals surface area contributed by atoms with Gasteiger partial charge in [-0.25, -0.2) is 13.6 Å². The lowest BCUT2D eigenvalue weighted by Gasteiger charge is -2.19. The van der Waals surface area contributed by atoms with Crippen LogP contribution >= 0.6 is 15.9 Å². The van der Waals surface area contributed by atoms with Crippen LogP contribution in [-0.4, -0.2) is 17.6 Å². The van der Waals surface area contributed by atoms with Crippen LogP contribution in [0.3, 0.4) is 0 Å². The van der Waals surface area contributed by atoms with Gasteiger partial charge in [0.15, 0.2) is 0 Å². The van der Waals surface area contributed by atoms with Gasteiger partial charge >= 0.3 is 5.97 Å². The number of hydrogen-bond donors (Lipinski definition) is 0. The number of rotatable bonds is 4. The van der Waals surface area contributed by atoms with Gasteiger partial charge in [0.2, 0.25) is 0 Å². The molecule has 3 aromatic carbocycles. The maximum Gasteiger partial charge on any atom is 0.355 e. The molecule has 0 radical (unpaired) electrons. The second-order valence-corrected chi connectivity index (χ2v) is 7.78. The molecule has 4 aromatic rings. The third kappa shape index (κ3) is 3.77. The summed E-state index contributed by atoms with van der Waals surface area (Å²) in [6.45, 7) is -0.465. The number of halogens is 3. The zero-order valence-electron chi connectivity index (χ0n) is 16.4. The van der Waals surface area contributed by atoms with Crippen molar-refractivity contribution in [1.29, 1.82) is 0 Å². The maximum atomic E-state index is 14.4. The average Bonchev–Trinajstić information content (AvgIpc) is 2.77. The minimum absolute atomic E-state index is 0.0769. The zero-order chi connectivity index (χ0) is 22.1. The molecule has 0 spiro atoms. The summed E-state index contributed by atoms with van der Waals surface area (Å²) in [5, 5.41) is 0.836. The van der Waals surface area contributed by atoms with Crippen molar-refractivity contribution in [3.63, 3.8) is 0 Å². The largest absolute Gasteiger partial charge is 0.464 e. The van der Waals surface area contributed by atoms with E-state index in [4.69, 9.17) is 4.74 Å². The van der Waals surface area contributed by atoms with Gasteiger partial charge in [0.1, 0.15) is 17.3 Å². The molecule has 156 valence electrons. The fourth-order valence-electron chi connectivity index (χ4n) is 3.62. The van der Waals surface area contributed by atoms with Gasteiger partial charge < -0.3 is 4.74 Å². The van der Waals surface area contributed by atoms with E-state index in [9.17, 15) is 18.4 Å². The summed E-state index contributed by atoms with van der Waals surface area (Å²) in [5.74, 6) is -2.39. The second kappa shape index (κ2) is 8.43. The first-order valence-corrected chi connectivity index (χ1v) is 10.1. The number of pyridine rings is 1. The number of carbonyl (C=O) groups is 1. The van der Waals surface area contributed by atoms with Gasteiger partial charge in [0, 0.05) is 21.0 Å². The van der Waals surface area contributed by atoms with Crippen LogP contribution in [-0.2, 0) is 11.3 Å². The van der Waals surface area contributed by atoms with Crippen molar-refractivity contribution < 1.29 is 18.3 Å². The van der Waals surface area contributed by atoms with Crippen LogP contribution in [0.4, 0.5) is 8.78 Å². The molecule has 0 atom stereocenters. The van der Waals surface area contributed by atoms with E-state index in [0.29, 0.717) is 26.4 Å². The highest BCUT2D eigenvalue weighted by molar-refractivity contribution is 9.10. The van der Waals surface area contributed by atoms with Crippen molar-refractivity contribution in [2.75, 3.05) is 7.11 Å². The molecular weight excluding hydrogens is 468 g/mol. The molecular formula is C24H16BrF2NO3. The van der Waals surface area contributed by atoms with Crippen LogP contribution < -0.4 is 5.56 Å². The SMILES string of the molecule is COC(=O)c1c(-c2ccccc2)c2cc(Br)ccc2c(=O)n1Cc1c(F)cccc1F. The first kappa shape index (κ1) is 20.9. The van der Waals surface area contributed by atoms with Crippen LogP contribution in [0, 0.1) is 11.6 Å². The molecule has 0 unspecified atom stereocenters. The molecule has 0 aliphatic heterocycles. The van der Waals surface area contributed by atoms with E-state index in [-0.39, 0.29) is 11.3 Å². The minimum atomic E-state index is -0.806. The standard InChI is InChI=1S/C24H16BrF2NO3/c1-31-24(30)22-21(14-6-3-2-4-7-14)17-12-15(25)10-11-16(17)23(29)28(22)13-18-19(26)8-5-9-20(18)27/h2-12H,13H2,1H3. The predicted molar refractivity (Wildman–Crippen MR) is 118 cm³/mol. The van der Waals surface area contributed by atoms with Crippen molar-refractivity contribution in [2.24, 2.45) is 0 Å². The molecule has 1 aromatic heterocycles. The molecule has 0 amide bonds. The van der Waals surface area contributed by atoms with Crippen LogP contribution in [0.2, 0.25) is 0 Å². The van der Waals surface area contributed by atoms with Crippen LogP contribution in [0.5, 0.6) is 0 Å². The summed E-state index contributed by atoms with van der Waals surface area (Å²) in [4.78, 5) is 26.3. The summed E-state index contributed by atoms with van der Waals surface area (Å²) in [7, 11) is 1.20. The first-order valence-electron chi connectivity index (χ1n) is 9.35. The Morgan fingerprint density at radius 3 is 2.29 bits per heavy atom. The molecule has 0 aliphatic carbocycles. The summed E-state index contributed by atoms with van der Waals surface area (Å²) >= 11 is 3.41. The monoisotopic (exact) mass is 483 g/mol. The van der Waals surface area contributed by atoms with Gasteiger partial charge in [0.05, 0.1) is 13.7 Å². The second-order valence-electron chi connectivity index (χ2n) is 6.86. The molecule has 0 N–H and O–H groups in total. The van der Waals surface area contributed by atoms with E-state index < -0.39 is 29.7 Å². The van der Waals surface area contributed by atoms with E-state index in [1.54, 1.807) is 42.5 Å². The molecule has 4 rings (SSSR count). The Morgan fingerprint density at radius 2 is 1.65 bits per heavy atom. The third-order valence-corrected chi connectivity index (χ3v) is 5.55. The molecule has 0 fully saturated rings. The number of hydrogen-bond acceptors (Lipinski definition) is 3. The number of aromatic nitrogens is 1. The van der Waals surface area contributed by atoms with E-state index in [1.165, 1.54) is 13.2 Å². The lowest BCUT2D eigenvalue weighted by Crippen LogP contribution is -2.29. The number of esters is 1. The predicted octanol–water partition coefficient (Wildman–Crippen LogP) is 5.54. The Labute approximate surface area is 184 Å². The van der Waals surface area contributed by atoms with Crippen molar-refractivity contribution in [1.82, 2.24) is 4.57 Å². The summed E-state index contributed by atoms with van der Waals surface area (Å²) in [6.07, 6.45) is 0. The number of carbonyl (C=O) groups excluding carboxylic acids is 1. The zero-order valence-corrected chi connectivity index (χ0v) is 17.9. The lowest BCUT2D eigenvalue weighted by molar-refractivity contribution is 0.0588. The normalized spacial score (nSPS) is 11.0. The summed E-state index contributed by atoms with van der Waals surface area (Å²) in [6, 6.07) is 17.5. The van der Waals surface area contributed by atoms with Crippen molar-refractivity contribution >= 4 is 32.7 Å². The minimum Gasteiger partial charge on any atom is -0.464 e. The fourth-order valence-corrected chi connectivity index (χ4v) is 3.98. The average molecular weight is 484 g/mol. The van der Waals surface area contributed by atoms with Crippen molar-refractivity contribution in [2.45, 2.75) is 6.54 Å². The van der Waals surface area contributed by atoms with Crippen molar-refractivity contribution in [3.8, 4) is 11.1 Å². The van der Waals surface area contributed by atoms with E-state index in [0.717, 1.165) is 16.7 Å². The van der Waals surface area contributed by atoms with E-state index in [1.807, 2.05) is 6.07 Å². The Morgan fingerprint density at radius 1 is 0.968 bits per heavy atom. The van der Waals surface area contributed by atoms with Gasteiger partial charge in [0.25, 0.3) is 5.56 Å². The molecule has 0 saturated heterocycles. The maximum absolute atomic E-state index is 14.4. The van der Waals surface area contributed by atoms with Gasteiger partial charge in [-0.3, -0.25) is 9.36 Å². The Kier molecular flexibility index (Phi) is 5.69. The third-order valence-electron chi connectivity index (χ3n) is 5.05. The van der Waals surface area contributed by atoms with Crippen LogP contribution in [0.25, 0.3) is 21.9 Å². The van der Waals surface area contributed by atoms with Crippen molar-refractivity contribution in [3.05, 3.63) is 104 Å². The molecule has 4 nitrogen and oxygen atoms in total. The number of benzene rings is 3. The van der Waals surface area contributed by atoms with Gasteiger partial charge in [-0.05, 0) is 41.3 Å². The van der Waals surface area contributed by atoms with Crippen LogP contribution in [0.15, 0.2) is 76.0 Å². The number of methoxy groups -OCH3 is 1. The van der Waals surface area contributed by atoms with E-state index in [2.05, 4.69) is 15.9 Å². The molecule has 7 heteroatoms. The first-order chi connectivity index (χ1) is 14.9. The smallest absolute Gasteiger partial charge is 0.355 e. The quantitative estimate of drug-likeness (QED) is 0.358. The Hall–Kier alpha value is -3.32. The van der Waals surface area contributed by atoms with E-state index >= 15 is 0 Å². The number of ether oxygens (including phenoxy) is 1. The van der Waals surface area contributed by atoms with Gasteiger partial charge in [-0.1, -0.05) is 52.3 Å². The molecule has 0 aliphatic rings. The molecule has 31 heavy (non-hydrogen) atoms. The van der Waals surface area contributed by atoms with Crippen LogP contribution in [0.1, 0.15) is 16.1 Å². The Bertz CT molecular complexity index is 1350. The molecule has 0 bridgehead atoms.